The third-order valence-corrected chi connectivity index (χ3v) is 5.21. The van der Waals surface area contributed by atoms with Crippen LogP contribution in [-0.2, 0) is 11.2 Å². The number of aryl methyl sites for hydroxylation is 1. The molecule has 0 aromatic heterocycles. The Balaban J connectivity index is 1.83. The average molecular weight is 306 g/mol. The summed E-state index contributed by atoms with van der Waals surface area (Å²) in [5.41, 5.74) is 2.62. The van der Waals surface area contributed by atoms with Gasteiger partial charge in [-0.1, -0.05) is 37.1 Å². The highest BCUT2D eigenvalue weighted by Gasteiger charge is 2.33. The van der Waals surface area contributed by atoms with E-state index in [0.717, 1.165) is 32.1 Å². The molecule has 1 saturated carbocycles. The lowest BCUT2D eigenvalue weighted by Gasteiger charge is -2.34. The van der Waals surface area contributed by atoms with Crippen LogP contribution < -0.4 is 0 Å². The van der Waals surface area contributed by atoms with Crippen LogP contribution >= 0.6 is 11.6 Å². The quantitative estimate of drug-likeness (QED) is 0.766. The molecule has 1 fully saturated rings. The first-order valence-corrected chi connectivity index (χ1v) is 8.79. The van der Waals surface area contributed by atoms with E-state index in [1.165, 1.54) is 24.0 Å². The zero-order chi connectivity index (χ0) is 14.7. The van der Waals surface area contributed by atoms with Crippen LogP contribution in [0.4, 0.5) is 0 Å². The van der Waals surface area contributed by atoms with E-state index < -0.39 is 0 Å². The molecular weight excluding hydrogens is 282 g/mol. The van der Waals surface area contributed by atoms with E-state index in [0.29, 0.717) is 24.4 Å². The van der Waals surface area contributed by atoms with Gasteiger partial charge in [0.05, 0.1) is 5.92 Å². The van der Waals surface area contributed by atoms with Gasteiger partial charge in [-0.3, -0.25) is 4.79 Å². The Labute approximate surface area is 132 Å². The molecule has 0 aliphatic heterocycles. The van der Waals surface area contributed by atoms with Crippen molar-refractivity contribution in [3.63, 3.8) is 0 Å². The number of carbonyl (C=O) groups is 1. The van der Waals surface area contributed by atoms with Gasteiger partial charge >= 0.3 is 0 Å². The number of carbonyl (C=O) groups excluding carboxylic acids is 1. The normalized spacial score (nSPS) is 22.0. The van der Waals surface area contributed by atoms with Crippen LogP contribution in [0.2, 0.25) is 0 Å². The number of hydrogen-bond donors (Lipinski definition) is 0. The summed E-state index contributed by atoms with van der Waals surface area (Å²) in [5, 5.41) is 0. The molecule has 114 valence electrons. The van der Waals surface area contributed by atoms with Crippen LogP contribution in [0, 0.1) is 0 Å². The molecule has 2 aliphatic rings. The topological polar surface area (TPSA) is 20.3 Å². The lowest BCUT2D eigenvalue weighted by atomic mass is 9.82. The van der Waals surface area contributed by atoms with Gasteiger partial charge in [0.15, 0.2) is 0 Å². The first-order chi connectivity index (χ1) is 10.3. The molecule has 3 rings (SSSR count). The first kappa shape index (κ1) is 14.9. The summed E-state index contributed by atoms with van der Waals surface area (Å²) in [4.78, 5) is 15.2. The minimum Gasteiger partial charge on any atom is -0.338 e. The molecule has 2 nitrogen and oxygen atoms in total. The maximum absolute atomic E-state index is 13.1. The summed E-state index contributed by atoms with van der Waals surface area (Å²) in [7, 11) is 0. The van der Waals surface area contributed by atoms with Crippen molar-refractivity contribution in [3.8, 4) is 0 Å². The van der Waals surface area contributed by atoms with Crippen LogP contribution in [0.1, 0.15) is 55.6 Å². The molecule has 0 heterocycles. The number of amides is 1. The van der Waals surface area contributed by atoms with E-state index in [1.54, 1.807) is 0 Å². The standard InChI is InChI=1S/C18H24ClNO/c19-12-13-20(15-8-2-3-9-15)18(21)17-11-5-7-14-6-1-4-10-16(14)17/h1,4,6,10,15,17H,2-3,5,7-9,11-13H2. The van der Waals surface area contributed by atoms with Crippen molar-refractivity contribution in [2.24, 2.45) is 0 Å². The summed E-state index contributed by atoms with van der Waals surface area (Å²) >= 11 is 5.96. The van der Waals surface area contributed by atoms with Gasteiger partial charge < -0.3 is 4.90 Å². The number of fused-ring (bicyclic) bond motifs is 1. The van der Waals surface area contributed by atoms with Gasteiger partial charge in [-0.2, -0.15) is 0 Å². The van der Waals surface area contributed by atoms with Gasteiger partial charge in [0.2, 0.25) is 5.91 Å². The largest absolute Gasteiger partial charge is 0.338 e. The number of nitrogens with zero attached hydrogens (tertiary/aromatic N) is 1. The molecule has 1 atom stereocenters. The second-order valence-corrected chi connectivity index (χ2v) is 6.68. The Hall–Kier alpha value is -1.02. The second-order valence-electron chi connectivity index (χ2n) is 6.30. The third-order valence-electron chi connectivity index (χ3n) is 5.04. The second kappa shape index (κ2) is 6.83. The van der Waals surface area contributed by atoms with Gasteiger partial charge in [-0.15, -0.1) is 11.6 Å². The van der Waals surface area contributed by atoms with Crippen LogP contribution in [0.3, 0.4) is 0 Å². The Kier molecular flexibility index (Phi) is 4.84. The van der Waals surface area contributed by atoms with E-state index >= 15 is 0 Å². The molecule has 1 amide bonds. The van der Waals surface area contributed by atoms with Crippen molar-refractivity contribution < 1.29 is 4.79 Å². The SMILES string of the molecule is O=C(C1CCCc2ccccc21)N(CCCl)C1CCCC1. The van der Waals surface area contributed by atoms with E-state index in [4.69, 9.17) is 11.6 Å². The molecule has 0 bridgehead atoms. The fraction of sp³-hybridized carbons (Fsp3) is 0.611. The summed E-state index contributed by atoms with van der Waals surface area (Å²) < 4.78 is 0. The fourth-order valence-electron chi connectivity index (χ4n) is 3.99. The van der Waals surface area contributed by atoms with E-state index in [2.05, 4.69) is 29.2 Å². The van der Waals surface area contributed by atoms with Gasteiger partial charge in [0.25, 0.3) is 0 Å². The summed E-state index contributed by atoms with van der Waals surface area (Å²) in [6.07, 6.45) is 8.01. The molecule has 0 spiro atoms. The summed E-state index contributed by atoms with van der Waals surface area (Å²) in [6.45, 7) is 0.698. The van der Waals surface area contributed by atoms with Crippen LogP contribution in [-0.4, -0.2) is 29.3 Å². The number of halogens is 1. The molecule has 1 unspecified atom stereocenters. The summed E-state index contributed by atoms with van der Waals surface area (Å²) in [5.74, 6) is 0.907. The van der Waals surface area contributed by atoms with Crippen molar-refractivity contribution in [1.29, 1.82) is 0 Å². The molecule has 21 heavy (non-hydrogen) atoms. The number of rotatable bonds is 4. The van der Waals surface area contributed by atoms with Gasteiger partial charge in [0.1, 0.15) is 0 Å². The molecule has 1 aromatic rings. The van der Waals surface area contributed by atoms with E-state index in [9.17, 15) is 4.79 Å². The minimum atomic E-state index is 0.0544. The lowest BCUT2D eigenvalue weighted by molar-refractivity contribution is -0.135. The van der Waals surface area contributed by atoms with Crippen molar-refractivity contribution in [2.75, 3.05) is 12.4 Å². The fourth-order valence-corrected chi connectivity index (χ4v) is 4.17. The predicted octanol–water partition coefficient (Wildman–Crippen LogP) is 4.12. The molecular formula is C18H24ClNO. The Morgan fingerprint density at radius 1 is 1.14 bits per heavy atom. The lowest BCUT2D eigenvalue weighted by Crippen LogP contribution is -2.43. The van der Waals surface area contributed by atoms with E-state index in [-0.39, 0.29) is 5.92 Å². The highest BCUT2D eigenvalue weighted by atomic mass is 35.5. The Morgan fingerprint density at radius 3 is 2.67 bits per heavy atom. The molecule has 0 radical (unpaired) electrons. The maximum atomic E-state index is 13.1. The molecule has 0 saturated heterocycles. The van der Waals surface area contributed by atoms with Crippen LogP contribution in [0.25, 0.3) is 0 Å². The van der Waals surface area contributed by atoms with Gasteiger partial charge in [-0.25, -0.2) is 0 Å². The van der Waals surface area contributed by atoms with Gasteiger partial charge in [-0.05, 0) is 43.2 Å². The first-order valence-electron chi connectivity index (χ1n) is 8.25. The Morgan fingerprint density at radius 2 is 1.90 bits per heavy atom. The predicted molar refractivity (Wildman–Crippen MR) is 86.8 cm³/mol. The monoisotopic (exact) mass is 305 g/mol. The molecule has 2 aliphatic carbocycles. The van der Waals surface area contributed by atoms with Crippen molar-refractivity contribution in [3.05, 3.63) is 35.4 Å². The third kappa shape index (κ3) is 3.11. The van der Waals surface area contributed by atoms with Crippen molar-refractivity contribution >= 4 is 17.5 Å². The highest BCUT2D eigenvalue weighted by molar-refractivity contribution is 6.18. The van der Waals surface area contributed by atoms with Crippen LogP contribution in [0.5, 0.6) is 0 Å². The molecule has 3 heteroatoms. The van der Waals surface area contributed by atoms with Crippen molar-refractivity contribution in [2.45, 2.75) is 56.9 Å². The number of benzene rings is 1. The van der Waals surface area contributed by atoms with Crippen molar-refractivity contribution in [1.82, 2.24) is 4.90 Å². The number of alkyl halides is 1. The number of hydrogen-bond acceptors (Lipinski definition) is 1. The average Bonchev–Trinajstić information content (AvgIpc) is 3.05. The zero-order valence-corrected chi connectivity index (χ0v) is 13.3. The maximum Gasteiger partial charge on any atom is 0.230 e. The van der Waals surface area contributed by atoms with E-state index in [1.807, 2.05) is 0 Å². The molecule has 0 N–H and O–H groups in total. The Bertz CT molecular complexity index is 496. The minimum absolute atomic E-state index is 0.0544. The van der Waals surface area contributed by atoms with Crippen LogP contribution in [0.15, 0.2) is 24.3 Å². The zero-order valence-electron chi connectivity index (χ0n) is 12.6. The summed E-state index contributed by atoms with van der Waals surface area (Å²) in [6, 6.07) is 8.89. The highest BCUT2D eigenvalue weighted by Crippen LogP contribution is 2.35. The molecule has 1 aromatic carbocycles. The smallest absolute Gasteiger partial charge is 0.230 e. The van der Waals surface area contributed by atoms with Gasteiger partial charge in [0, 0.05) is 18.5 Å².